The molecule has 0 aliphatic heterocycles. The Kier molecular flexibility index (Phi) is 17.8. The lowest BCUT2D eigenvalue weighted by atomic mass is 10.0. The fourth-order valence-corrected chi connectivity index (χ4v) is 2.98. The Morgan fingerprint density at radius 3 is 1.38 bits per heavy atom. The maximum atomic E-state index is 11.7. The molecule has 0 amide bonds. The third-order valence-electron chi connectivity index (χ3n) is 4.62. The summed E-state index contributed by atoms with van der Waals surface area (Å²) in [6, 6.07) is 0. The minimum Gasteiger partial charge on any atom is -0.469 e. The highest BCUT2D eigenvalue weighted by atomic mass is 16.5. The lowest BCUT2D eigenvalue weighted by molar-refractivity contribution is -0.140. The van der Waals surface area contributed by atoms with E-state index in [-0.39, 0.29) is 5.97 Å². The Hall–Kier alpha value is -0.860. The van der Waals surface area contributed by atoms with Gasteiger partial charge >= 0.3 is 5.97 Å². The molecule has 0 N–H and O–H groups in total. The van der Waals surface area contributed by atoms with Crippen LogP contribution in [0.2, 0.25) is 0 Å². The van der Waals surface area contributed by atoms with E-state index in [9.17, 15) is 9.59 Å². The van der Waals surface area contributed by atoms with Crippen LogP contribution in [0, 0.1) is 0 Å². The first-order valence-electron chi connectivity index (χ1n) is 10.3. The molecule has 0 aliphatic carbocycles. The van der Waals surface area contributed by atoms with Crippen LogP contribution in [0.5, 0.6) is 0 Å². The van der Waals surface area contributed by atoms with Crippen LogP contribution in [0.4, 0.5) is 0 Å². The van der Waals surface area contributed by atoms with Crippen molar-refractivity contribution in [3.63, 3.8) is 0 Å². The van der Waals surface area contributed by atoms with E-state index in [1.807, 2.05) is 0 Å². The average Bonchev–Trinajstić information content (AvgIpc) is 2.59. The minimum absolute atomic E-state index is 0.0921. The van der Waals surface area contributed by atoms with E-state index in [1.165, 1.54) is 71.3 Å². The normalized spacial score (nSPS) is 10.8. The van der Waals surface area contributed by atoms with Crippen LogP contribution in [0.3, 0.4) is 0 Å². The SMILES string of the molecule is CCCCCCCC(=O)CCCCCCCCCCCC(=O)OC. The molecule has 0 radical (unpaired) electrons. The van der Waals surface area contributed by atoms with E-state index in [0.29, 0.717) is 12.2 Å². The zero-order valence-electron chi connectivity index (χ0n) is 16.2. The Labute approximate surface area is 149 Å². The molecule has 0 saturated carbocycles. The van der Waals surface area contributed by atoms with Gasteiger partial charge in [0.1, 0.15) is 5.78 Å². The van der Waals surface area contributed by atoms with Crippen molar-refractivity contribution in [2.24, 2.45) is 0 Å². The molecule has 24 heavy (non-hydrogen) atoms. The van der Waals surface area contributed by atoms with Crippen molar-refractivity contribution in [1.82, 2.24) is 0 Å². The number of methoxy groups -OCH3 is 1. The van der Waals surface area contributed by atoms with E-state index in [0.717, 1.165) is 38.5 Å². The number of ether oxygens (including phenoxy) is 1. The summed E-state index contributed by atoms with van der Waals surface area (Å²) in [5, 5.41) is 0. The average molecular weight is 341 g/mol. The van der Waals surface area contributed by atoms with Crippen LogP contribution in [0.25, 0.3) is 0 Å². The third kappa shape index (κ3) is 17.5. The van der Waals surface area contributed by atoms with E-state index in [4.69, 9.17) is 0 Å². The van der Waals surface area contributed by atoms with Crippen molar-refractivity contribution in [2.45, 2.75) is 116 Å². The molecule has 0 saturated heterocycles. The summed E-state index contributed by atoms with van der Waals surface area (Å²) in [7, 11) is 1.45. The molecule has 0 fully saturated rings. The van der Waals surface area contributed by atoms with Gasteiger partial charge in [0.15, 0.2) is 0 Å². The number of hydrogen-bond donors (Lipinski definition) is 0. The highest BCUT2D eigenvalue weighted by Gasteiger charge is 2.02. The fraction of sp³-hybridized carbons (Fsp3) is 0.905. The molecule has 0 heterocycles. The van der Waals surface area contributed by atoms with E-state index in [1.54, 1.807) is 0 Å². The molecule has 0 aromatic carbocycles. The molecular formula is C21H40O3. The lowest BCUT2D eigenvalue weighted by Gasteiger charge is -2.03. The van der Waals surface area contributed by atoms with Crippen molar-refractivity contribution in [1.29, 1.82) is 0 Å². The van der Waals surface area contributed by atoms with Crippen molar-refractivity contribution >= 4 is 11.8 Å². The number of carbonyl (C=O) groups is 2. The third-order valence-corrected chi connectivity index (χ3v) is 4.62. The van der Waals surface area contributed by atoms with Crippen molar-refractivity contribution in [2.75, 3.05) is 7.11 Å². The number of Topliss-reactive ketones (excluding diaryl/α,β-unsaturated/α-hetero) is 1. The van der Waals surface area contributed by atoms with Gasteiger partial charge in [-0.05, 0) is 19.3 Å². The number of ketones is 1. The molecule has 0 aromatic rings. The molecule has 142 valence electrons. The number of rotatable bonds is 18. The van der Waals surface area contributed by atoms with E-state index in [2.05, 4.69) is 11.7 Å². The quantitative estimate of drug-likeness (QED) is 0.215. The van der Waals surface area contributed by atoms with Crippen molar-refractivity contribution < 1.29 is 14.3 Å². The van der Waals surface area contributed by atoms with E-state index < -0.39 is 0 Å². The van der Waals surface area contributed by atoms with Crippen LogP contribution < -0.4 is 0 Å². The predicted octanol–water partition coefficient (Wildman–Crippen LogP) is 6.38. The lowest BCUT2D eigenvalue weighted by Crippen LogP contribution is -1.99. The standard InChI is InChI=1S/C21H40O3/c1-3-4-5-11-14-17-20(22)18-15-12-9-7-6-8-10-13-16-19-21(23)24-2/h3-19H2,1-2H3. The van der Waals surface area contributed by atoms with Crippen LogP contribution >= 0.6 is 0 Å². The summed E-state index contributed by atoms with van der Waals surface area (Å²) in [6.07, 6.45) is 19.0. The van der Waals surface area contributed by atoms with Gasteiger partial charge in [-0.2, -0.15) is 0 Å². The van der Waals surface area contributed by atoms with Gasteiger partial charge in [-0.1, -0.05) is 77.6 Å². The van der Waals surface area contributed by atoms with Gasteiger partial charge in [0.05, 0.1) is 7.11 Å². The smallest absolute Gasteiger partial charge is 0.305 e. The maximum absolute atomic E-state index is 11.7. The Morgan fingerprint density at radius 2 is 0.958 bits per heavy atom. The minimum atomic E-state index is -0.0921. The number of esters is 1. The zero-order chi connectivity index (χ0) is 17.9. The summed E-state index contributed by atoms with van der Waals surface area (Å²) >= 11 is 0. The van der Waals surface area contributed by atoms with Crippen molar-refractivity contribution in [3.05, 3.63) is 0 Å². The molecule has 0 rings (SSSR count). The Bertz CT molecular complexity index is 299. The van der Waals surface area contributed by atoms with Gasteiger partial charge in [0, 0.05) is 19.3 Å². The molecule has 3 nitrogen and oxygen atoms in total. The van der Waals surface area contributed by atoms with Gasteiger partial charge < -0.3 is 4.74 Å². The van der Waals surface area contributed by atoms with Crippen molar-refractivity contribution in [3.8, 4) is 0 Å². The number of hydrogen-bond acceptors (Lipinski definition) is 3. The number of unbranched alkanes of at least 4 members (excludes halogenated alkanes) is 12. The van der Waals surface area contributed by atoms with Gasteiger partial charge in [-0.3, -0.25) is 9.59 Å². The Balaban J connectivity index is 3.16. The summed E-state index contributed by atoms with van der Waals surface area (Å²) in [6.45, 7) is 2.22. The van der Waals surface area contributed by atoms with Crippen LogP contribution in [0.1, 0.15) is 116 Å². The second kappa shape index (κ2) is 18.5. The summed E-state index contributed by atoms with van der Waals surface area (Å²) in [5.41, 5.74) is 0. The van der Waals surface area contributed by atoms with Gasteiger partial charge in [0.25, 0.3) is 0 Å². The highest BCUT2D eigenvalue weighted by molar-refractivity contribution is 5.78. The Morgan fingerprint density at radius 1 is 0.583 bits per heavy atom. The first kappa shape index (κ1) is 23.1. The molecule has 0 spiro atoms. The first-order chi connectivity index (χ1) is 11.7. The topological polar surface area (TPSA) is 43.4 Å². The molecule has 0 unspecified atom stereocenters. The monoisotopic (exact) mass is 340 g/mol. The first-order valence-corrected chi connectivity index (χ1v) is 10.3. The van der Waals surface area contributed by atoms with E-state index >= 15 is 0 Å². The predicted molar refractivity (Wildman–Crippen MR) is 101 cm³/mol. The van der Waals surface area contributed by atoms with Gasteiger partial charge in [-0.15, -0.1) is 0 Å². The molecular weight excluding hydrogens is 300 g/mol. The highest BCUT2D eigenvalue weighted by Crippen LogP contribution is 2.13. The fourth-order valence-electron chi connectivity index (χ4n) is 2.98. The summed E-state index contributed by atoms with van der Waals surface area (Å²) in [5.74, 6) is 0.377. The summed E-state index contributed by atoms with van der Waals surface area (Å²) < 4.78 is 4.62. The van der Waals surface area contributed by atoms with Crippen LogP contribution in [-0.2, 0) is 14.3 Å². The molecule has 0 atom stereocenters. The molecule has 3 heteroatoms. The second-order valence-corrected chi connectivity index (χ2v) is 6.96. The largest absolute Gasteiger partial charge is 0.469 e. The van der Waals surface area contributed by atoms with Crippen LogP contribution in [-0.4, -0.2) is 18.9 Å². The van der Waals surface area contributed by atoms with Crippen LogP contribution in [0.15, 0.2) is 0 Å². The number of carbonyl (C=O) groups excluding carboxylic acids is 2. The molecule has 0 bridgehead atoms. The van der Waals surface area contributed by atoms with Gasteiger partial charge in [0.2, 0.25) is 0 Å². The van der Waals surface area contributed by atoms with Gasteiger partial charge in [-0.25, -0.2) is 0 Å². The second-order valence-electron chi connectivity index (χ2n) is 6.96. The zero-order valence-corrected chi connectivity index (χ0v) is 16.2. The summed E-state index contributed by atoms with van der Waals surface area (Å²) in [4.78, 5) is 22.7. The molecule has 0 aromatic heterocycles. The molecule has 0 aliphatic rings. The maximum Gasteiger partial charge on any atom is 0.305 e.